The minimum atomic E-state index is -0.185. The highest BCUT2D eigenvalue weighted by molar-refractivity contribution is 5.93. The van der Waals surface area contributed by atoms with Crippen LogP contribution in [0.5, 0.6) is 5.88 Å². The van der Waals surface area contributed by atoms with Crippen molar-refractivity contribution >= 4 is 17.0 Å². The molecule has 0 aliphatic rings. The van der Waals surface area contributed by atoms with Crippen LogP contribution < -0.4 is 10.1 Å². The number of aromatic nitrogens is 3. The molecule has 0 radical (unpaired) electrons. The monoisotopic (exact) mass is 340 g/mol. The van der Waals surface area contributed by atoms with Crippen molar-refractivity contribution < 1.29 is 14.1 Å². The minimum absolute atomic E-state index is 0.116. The maximum absolute atomic E-state index is 11.9. The average molecular weight is 340 g/mol. The van der Waals surface area contributed by atoms with Gasteiger partial charge in [0.05, 0.1) is 0 Å². The molecular weight excluding hydrogens is 320 g/mol. The number of carbonyl (C=O) groups excluding carboxylic acids is 1. The van der Waals surface area contributed by atoms with Crippen molar-refractivity contribution in [2.75, 3.05) is 13.2 Å². The molecule has 7 heteroatoms. The zero-order valence-electron chi connectivity index (χ0n) is 14.3. The maximum Gasteiger partial charge on any atom is 0.265 e. The quantitative estimate of drug-likeness (QED) is 0.665. The first-order valence-electron chi connectivity index (χ1n) is 8.28. The summed E-state index contributed by atoms with van der Waals surface area (Å²) in [5, 5.41) is 7.48. The number of nitrogens with zero attached hydrogens (tertiary/aromatic N) is 3. The second-order valence-corrected chi connectivity index (χ2v) is 5.65. The third kappa shape index (κ3) is 3.93. The van der Waals surface area contributed by atoms with Gasteiger partial charge in [-0.05, 0) is 13.3 Å². The zero-order valence-corrected chi connectivity index (χ0v) is 14.3. The number of ether oxygens (including phenoxy) is 1. The molecule has 0 saturated heterocycles. The lowest BCUT2D eigenvalue weighted by Gasteiger charge is -2.08. The van der Waals surface area contributed by atoms with Gasteiger partial charge in [0.2, 0.25) is 5.88 Å². The Morgan fingerprint density at radius 2 is 2.04 bits per heavy atom. The third-order valence-electron chi connectivity index (χ3n) is 3.65. The third-order valence-corrected chi connectivity index (χ3v) is 3.65. The van der Waals surface area contributed by atoms with Crippen LogP contribution in [-0.2, 0) is 4.79 Å². The lowest BCUT2D eigenvalue weighted by Crippen LogP contribution is -2.29. The van der Waals surface area contributed by atoms with Gasteiger partial charge in [0.1, 0.15) is 16.9 Å². The molecule has 0 fully saturated rings. The molecule has 2 heterocycles. The molecule has 0 bridgehead atoms. The summed E-state index contributed by atoms with van der Waals surface area (Å²) in [7, 11) is 0. The molecule has 2 aromatic heterocycles. The number of hydrogen-bond donors (Lipinski definition) is 1. The number of amides is 1. The van der Waals surface area contributed by atoms with Crippen LogP contribution in [0.1, 0.15) is 25.6 Å². The predicted octanol–water partition coefficient (Wildman–Crippen LogP) is 2.89. The summed E-state index contributed by atoms with van der Waals surface area (Å²) in [6, 6.07) is 9.57. The normalized spacial score (nSPS) is 10.8. The van der Waals surface area contributed by atoms with E-state index < -0.39 is 0 Å². The van der Waals surface area contributed by atoms with Crippen molar-refractivity contribution in [3.63, 3.8) is 0 Å². The molecule has 0 aliphatic heterocycles. The summed E-state index contributed by atoms with van der Waals surface area (Å²) >= 11 is 0. The highest BCUT2D eigenvalue weighted by Gasteiger charge is 2.19. The van der Waals surface area contributed by atoms with Gasteiger partial charge in [-0.15, -0.1) is 0 Å². The van der Waals surface area contributed by atoms with E-state index >= 15 is 0 Å². The van der Waals surface area contributed by atoms with Crippen LogP contribution in [0.15, 0.2) is 34.9 Å². The molecule has 3 aromatic rings. The fourth-order valence-electron chi connectivity index (χ4n) is 2.41. The number of benzene rings is 1. The Kier molecular flexibility index (Phi) is 5.23. The van der Waals surface area contributed by atoms with Crippen LogP contribution in [0.2, 0.25) is 0 Å². The maximum atomic E-state index is 11.9. The standard InChI is InChI=1S/C18H20N4O3/c1-3-4-10-19-14(23)11-24-17-15-16(13-8-6-5-7-9-13)22-25-18(15)21-12(2)20-17/h5-9H,3-4,10-11H2,1-2H3,(H,19,23). The predicted molar refractivity (Wildman–Crippen MR) is 93.2 cm³/mol. The zero-order chi connectivity index (χ0) is 17.6. The highest BCUT2D eigenvalue weighted by atomic mass is 16.5. The van der Waals surface area contributed by atoms with Gasteiger partial charge in [-0.3, -0.25) is 4.79 Å². The molecule has 3 rings (SSSR count). The highest BCUT2D eigenvalue weighted by Crippen LogP contribution is 2.32. The van der Waals surface area contributed by atoms with Crippen LogP contribution >= 0.6 is 0 Å². The van der Waals surface area contributed by atoms with Crippen LogP contribution in [0.25, 0.3) is 22.4 Å². The van der Waals surface area contributed by atoms with E-state index in [0.717, 1.165) is 18.4 Å². The summed E-state index contributed by atoms with van der Waals surface area (Å²) in [5.74, 6) is 0.605. The number of nitrogens with one attached hydrogen (secondary N) is 1. The minimum Gasteiger partial charge on any atom is -0.467 e. The molecule has 0 saturated carbocycles. The Morgan fingerprint density at radius 1 is 1.24 bits per heavy atom. The van der Waals surface area contributed by atoms with Gasteiger partial charge in [0, 0.05) is 12.1 Å². The Morgan fingerprint density at radius 3 is 2.80 bits per heavy atom. The lowest BCUT2D eigenvalue weighted by molar-refractivity contribution is -0.123. The fourth-order valence-corrected chi connectivity index (χ4v) is 2.41. The fraction of sp³-hybridized carbons (Fsp3) is 0.333. The van der Waals surface area contributed by atoms with Gasteiger partial charge in [-0.25, -0.2) is 0 Å². The number of unbranched alkanes of at least 4 members (excludes halogenated alkanes) is 1. The van der Waals surface area contributed by atoms with E-state index in [1.807, 2.05) is 30.3 Å². The number of rotatable bonds is 7. The molecule has 0 spiro atoms. The molecule has 1 aromatic carbocycles. The SMILES string of the molecule is CCCCNC(=O)COc1nc(C)nc2onc(-c3ccccc3)c12. The van der Waals surface area contributed by atoms with Gasteiger partial charge >= 0.3 is 0 Å². The Balaban J connectivity index is 1.87. The summed E-state index contributed by atoms with van der Waals surface area (Å²) in [4.78, 5) is 20.5. The molecule has 1 amide bonds. The van der Waals surface area contributed by atoms with E-state index in [2.05, 4.69) is 27.4 Å². The Hall–Kier alpha value is -2.96. The molecule has 0 unspecified atom stereocenters. The van der Waals surface area contributed by atoms with Gasteiger partial charge in [0.25, 0.3) is 11.6 Å². The molecule has 0 atom stereocenters. The lowest BCUT2D eigenvalue weighted by atomic mass is 10.1. The Labute approximate surface area is 145 Å². The molecule has 7 nitrogen and oxygen atoms in total. The van der Waals surface area contributed by atoms with E-state index in [4.69, 9.17) is 9.26 Å². The summed E-state index contributed by atoms with van der Waals surface area (Å²) in [6.45, 7) is 4.33. The number of carbonyl (C=O) groups is 1. The van der Waals surface area contributed by atoms with Crippen molar-refractivity contribution in [2.45, 2.75) is 26.7 Å². The van der Waals surface area contributed by atoms with E-state index in [9.17, 15) is 4.79 Å². The second-order valence-electron chi connectivity index (χ2n) is 5.65. The summed E-state index contributed by atoms with van der Waals surface area (Å²) < 4.78 is 11.0. The van der Waals surface area contributed by atoms with E-state index in [1.54, 1.807) is 6.92 Å². The first-order valence-corrected chi connectivity index (χ1v) is 8.28. The second kappa shape index (κ2) is 7.74. The van der Waals surface area contributed by atoms with Crippen molar-refractivity contribution in [3.05, 3.63) is 36.2 Å². The van der Waals surface area contributed by atoms with E-state index in [-0.39, 0.29) is 12.5 Å². The van der Waals surface area contributed by atoms with Crippen LogP contribution in [-0.4, -0.2) is 34.2 Å². The van der Waals surface area contributed by atoms with Crippen molar-refractivity contribution in [3.8, 4) is 17.1 Å². The van der Waals surface area contributed by atoms with Crippen LogP contribution in [0, 0.1) is 6.92 Å². The Bertz CT molecular complexity index is 861. The first kappa shape index (κ1) is 16.9. The number of aryl methyl sites for hydroxylation is 1. The smallest absolute Gasteiger partial charge is 0.265 e. The summed E-state index contributed by atoms with van der Waals surface area (Å²) in [5.41, 5.74) is 1.80. The topological polar surface area (TPSA) is 90.1 Å². The van der Waals surface area contributed by atoms with Gasteiger partial charge in [0.15, 0.2) is 6.61 Å². The van der Waals surface area contributed by atoms with Crippen molar-refractivity contribution in [2.24, 2.45) is 0 Å². The first-order chi connectivity index (χ1) is 12.2. The van der Waals surface area contributed by atoms with Crippen LogP contribution in [0.4, 0.5) is 0 Å². The van der Waals surface area contributed by atoms with E-state index in [0.29, 0.717) is 35.0 Å². The van der Waals surface area contributed by atoms with Gasteiger partial charge in [-0.2, -0.15) is 9.97 Å². The molecular formula is C18H20N4O3. The largest absolute Gasteiger partial charge is 0.467 e. The van der Waals surface area contributed by atoms with Crippen molar-refractivity contribution in [1.29, 1.82) is 0 Å². The van der Waals surface area contributed by atoms with Crippen LogP contribution in [0.3, 0.4) is 0 Å². The molecule has 130 valence electrons. The average Bonchev–Trinajstić information content (AvgIpc) is 3.04. The van der Waals surface area contributed by atoms with Crippen molar-refractivity contribution in [1.82, 2.24) is 20.4 Å². The molecule has 25 heavy (non-hydrogen) atoms. The van der Waals surface area contributed by atoms with Gasteiger partial charge in [-0.1, -0.05) is 48.8 Å². The van der Waals surface area contributed by atoms with Gasteiger partial charge < -0.3 is 14.6 Å². The van der Waals surface area contributed by atoms with E-state index in [1.165, 1.54) is 0 Å². The summed E-state index contributed by atoms with van der Waals surface area (Å²) in [6.07, 6.45) is 1.96. The molecule has 0 aliphatic carbocycles. The molecule has 1 N–H and O–H groups in total. The number of hydrogen-bond acceptors (Lipinski definition) is 6. The number of fused-ring (bicyclic) bond motifs is 1.